The van der Waals surface area contributed by atoms with Crippen LogP contribution in [0.4, 0.5) is 5.69 Å². The molecule has 1 fully saturated rings. The average Bonchev–Trinajstić information content (AvgIpc) is 2.97. The van der Waals surface area contributed by atoms with E-state index < -0.39 is 0 Å². The van der Waals surface area contributed by atoms with E-state index in [1.54, 1.807) is 0 Å². The summed E-state index contributed by atoms with van der Waals surface area (Å²) in [6.45, 7) is 8.45. The second kappa shape index (κ2) is 8.48. The van der Waals surface area contributed by atoms with Crippen molar-refractivity contribution in [1.29, 1.82) is 0 Å². The predicted molar refractivity (Wildman–Crippen MR) is 103 cm³/mol. The lowest BCUT2D eigenvalue weighted by molar-refractivity contribution is -0.116. The van der Waals surface area contributed by atoms with Crippen LogP contribution in [0.2, 0.25) is 0 Å². The Hall–Kier alpha value is -1.88. The number of fused-ring (bicyclic) bond motifs is 1. The van der Waals surface area contributed by atoms with E-state index in [1.807, 2.05) is 12.1 Å². The number of benzene rings is 1. The van der Waals surface area contributed by atoms with E-state index in [0.29, 0.717) is 6.42 Å². The van der Waals surface area contributed by atoms with Crippen molar-refractivity contribution < 1.29 is 4.79 Å². The molecule has 0 aliphatic carbocycles. The van der Waals surface area contributed by atoms with Crippen LogP contribution in [0.5, 0.6) is 0 Å². The van der Waals surface area contributed by atoms with Crippen LogP contribution >= 0.6 is 0 Å². The fourth-order valence-electron chi connectivity index (χ4n) is 3.61. The van der Waals surface area contributed by atoms with Crippen LogP contribution in [0.1, 0.15) is 58.2 Å². The first kappa shape index (κ1) is 17.9. The molecule has 0 saturated carbocycles. The summed E-state index contributed by atoms with van der Waals surface area (Å²) in [7, 11) is 0. The topological polar surface area (TPSA) is 50.2 Å². The van der Waals surface area contributed by atoms with Gasteiger partial charge in [-0.15, -0.1) is 0 Å². The van der Waals surface area contributed by atoms with Crippen LogP contribution in [-0.2, 0) is 17.9 Å². The minimum Gasteiger partial charge on any atom is -0.327 e. The van der Waals surface area contributed by atoms with E-state index in [1.165, 1.54) is 32.4 Å². The van der Waals surface area contributed by atoms with E-state index in [-0.39, 0.29) is 5.91 Å². The molecule has 1 aromatic carbocycles. The summed E-state index contributed by atoms with van der Waals surface area (Å²) in [5, 5.41) is 3.00. The lowest BCUT2D eigenvalue weighted by atomic mass is 10.1. The van der Waals surface area contributed by atoms with Crippen molar-refractivity contribution in [3.05, 3.63) is 24.0 Å². The van der Waals surface area contributed by atoms with Crippen molar-refractivity contribution in [3.63, 3.8) is 0 Å². The molecule has 1 saturated heterocycles. The average molecular weight is 342 g/mol. The number of unbranched alkanes of at least 4 members (excludes halogenated alkanes) is 1. The van der Waals surface area contributed by atoms with Gasteiger partial charge in [-0.1, -0.05) is 19.8 Å². The number of anilines is 1. The molecule has 1 aromatic heterocycles. The summed E-state index contributed by atoms with van der Waals surface area (Å²) < 4.78 is 2.30. The molecule has 1 aliphatic rings. The van der Waals surface area contributed by atoms with Gasteiger partial charge >= 0.3 is 0 Å². The molecule has 25 heavy (non-hydrogen) atoms. The highest BCUT2D eigenvalue weighted by atomic mass is 16.1. The number of hydrogen-bond donors (Lipinski definition) is 1. The van der Waals surface area contributed by atoms with Gasteiger partial charge in [-0.25, -0.2) is 4.98 Å². The van der Waals surface area contributed by atoms with E-state index in [2.05, 4.69) is 34.7 Å². The number of aromatic nitrogens is 2. The van der Waals surface area contributed by atoms with Gasteiger partial charge in [0.15, 0.2) is 0 Å². The summed E-state index contributed by atoms with van der Waals surface area (Å²) >= 11 is 0. The summed E-state index contributed by atoms with van der Waals surface area (Å²) in [5.74, 6) is 1.22. The van der Waals surface area contributed by atoms with Crippen LogP contribution in [0, 0.1) is 0 Å². The van der Waals surface area contributed by atoms with Crippen molar-refractivity contribution in [2.75, 3.05) is 18.4 Å². The normalized spacial score (nSPS) is 15.6. The number of nitrogens with zero attached hydrogens (tertiary/aromatic N) is 3. The largest absolute Gasteiger partial charge is 0.327 e. The number of rotatable bonds is 7. The molecule has 0 radical (unpaired) electrons. The van der Waals surface area contributed by atoms with Gasteiger partial charge in [0.2, 0.25) is 5.91 Å². The number of aryl methyl sites for hydroxylation is 1. The molecule has 0 bridgehead atoms. The van der Waals surface area contributed by atoms with Gasteiger partial charge in [0.25, 0.3) is 0 Å². The monoisotopic (exact) mass is 342 g/mol. The number of amides is 1. The van der Waals surface area contributed by atoms with Crippen LogP contribution < -0.4 is 5.32 Å². The third kappa shape index (κ3) is 4.40. The van der Waals surface area contributed by atoms with Crippen molar-refractivity contribution in [3.8, 4) is 0 Å². The van der Waals surface area contributed by atoms with Crippen LogP contribution in [0.25, 0.3) is 11.0 Å². The number of likely N-dealkylation sites (tertiary alicyclic amines) is 1. The van der Waals surface area contributed by atoms with Crippen molar-refractivity contribution in [2.45, 2.75) is 65.5 Å². The zero-order valence-electron chi connectivity index (χ0n) is 15.6. The van der Waals surface area contributed by atoms with Crippen molar-refractivity contribution in [2.24, 2.45) is 0 Å². The summed E-state index contributed by atoms with van der Waals surface area (Å²) in [6, 6.07) is 6.08. The molecule has 5 heteroatoms. The third-order valence-electron chi connectivity index (χ3n) is 5.00. The zero-order valence-corrected chi connectivity index (χ0v) is 15.6. The maximum Gasteiger partial charge on any atom is 0.224 e. The third-order valence-corrected chi connectivity index (χ3v) is 5.00. The molecule has 2 aromatic rings. The number of carbonyl (C=O) groups excluding carboxylic acids is 1. The molecular formula is C20H30N4O. The van der Waals surface area contributed by atoms with E-state index >= 15 is 0 Å². The Morgan fingerprint density at radius 2 is 2.00 bits per heavy atom. The summed E-state index contributed by atoms with van der Waals surface area (Å²) in [5.41, 5.74) is 2.97. The molecule has 136 valence electrons. The van der Waals surface area contributed by atoms with Gasteiger partial charge in [-0.3, -0.25) is 9.69 Å². The Balaban J connectivity index is 1.78. The number of nitrogens with one attached hydrogen (secondary N) is 1. The number of carbonyl (C=O) groups is 1. The fourth-order valence-corrected chi connectivity index (χ4v) is 3.61. The molecule has 3 rings (SSSR count). The lowest BCUT2D eigenvalue weighted by Gasteiger charge is -2.26. The first-order valence-electron chi connectivity index (χ1n) is 9.72. The first-order valence-corrected chi connectivity index (χ1v) is 9.72. The molecule has 1 amide bonds. The Kier molecular flexibility index (Phi) is 6.08. The molecule has 5 nitrogen and oxygen atoms in total. The molecule has 0 spiro atoms. The minimum absolute atomic E-state index is 0.0877. The fraction of sp³-hybridized carbons (Fsp3) is 0.600. The molecule has 1 N–H and O–H groups in total. The second-order valence-corrected chi connectivity index (χ2v) is 6.96. The molecule has 0 unspecified atom stereocenters. The van der Waals surface area contributed by atoms with Crippen molar-refractivity contribution >= 4 is 22.6 Å². The molecule has 2 heterocycles. The van der Waals surface area contributed by atoms with Gasteiger partial charge in [-0.2, -0.15) is 0 Å². The van der Waals surface area contributed by atoms with Crippen LogP contribution in [-0.4, -0.2) is 33.4 Å². The summed E-state index contributed by atoms with van der Waals surface area (Å²) in [4.78, 5) is 19.3. The predicted octanol–water partition coefficient (Wildman–Crippen LogP) is 4.17. The highest BCUT2D eigenvalue weighted by Crippen LogP contribution is 2.22. The highest BCUT2D eigenvalue weighted by molar-refractivity contribution is 5.93. The van der Waals surface area contributed by atoms with E-state index in [4.69, 9.17) is 4.98 Å². The number of imidazole rings is 1. The molecule has 1 aliphatic heterocycles. The van der Waals surface area contributed by atoms with Gasteiger partial charge in [-0.05, 0) is 57.5 Å². The number of hydrogen-bond acceptors (Lipinski definition) is 3. The smallest absolute Gasteiger partial charge is 0.224 e. The zero-order chi connectivity index (χ0) is 17.6. The van der Waals surface area contributed by atoms with Crippen LogP contribution in [0.15, 0.2) is 18.2 Å². The SMILES string of the molecule is CCCCC(=O)Nc1ccc2c(c1)nc(CN1CCCCC1)n2CC. The van der Waals surface area contributed by atoms with Gasteiger partial charge in [0.1, 0.15) is 5.82 Å². The lowest BCUT2D eigenvalue weighted by Crippen LogP contribution is -2.30. The summed E-state index contributed by atoms with van der Waals surface area (Å²) in [6.07, 6.45) is 6.48. The standard InChI is InChI=1S/C20H30N4O/c1-3-5-9-20(25)21-16-10-11-18-17(14-16)22-19(24(18)4-2)15-23-12-7-6-8-13-23/h10-11,14H,3-9,12-13,15H2,1-2H3,(H,21,25). The van der Waals surface area contributed by atoms with E-state index in [0.717, 1.165) is 48.5 Å². The van der Waals surface area contributed by atoms with Gasteiger partial charge in [0.05, 0.1) is 17.6 Å². The quantitative estimate of drug-likeness (QED) is 0.821. The van der Waals surface area contributed by atoms with Crippen LogP contribution in [0.3, 0.4) is 0 Å². The Morgan fingerprint density at radius 1 is 1.20 bits per heavy atom. The Bertz CT molecular complexity index is 716. The minimum atomic E-state index is 0.0877. The van der Waals surface area contributed by atoms with Gasteiger partial charge < -0.3 is 9.88 Å². The maximum absolute atomic E-state index is 12.0. The Labute approximate surface area is 150 Å². The number of piperidine rings is 1. The van der Waals surface area contributed by atoms with Crippen molar-refractivity contribution in [1.82, 2.24) is 14.5 Å². The maximum atomic E-state index is 12.0. The highest BCUT2D eigenvalue weighted by Gasteiger charge is 2.16. The molecule has 0 atom stereocenters. The molecular weight excluding hydrogens is 312 g/mol. The van der Waals surface area contributed by atoms with Gasteiger partial charge in [0, 0.05) is 18.7 Å². The van der Waals surface area contributed by atoms with E-state index in [9.17, 15) is 4.79 Å². The second-order valence-electron chi connectivity index (χ2n) is 6.96. The first-order chi connectivity index (χ1) is 12.2. The Morgan fingerprint density at radius 3 is 2.72 bits per heavy atom.